The third-order valence-electron chi connectivity index (χ3n) is 3.41. The lowest BCUT2D eigenvalue weighted by atomic mass is 10.1. The first-order chi connectivity index (χ1) is 12.0. The maximum absolute atomic E-state index is 11.9. The van der Waals surface area contributed by atoms with Crippen LogP contribution < -0.4 is 10.1 Å². The van der Waals surface area contributed by atoms with E-state index in [-0.39, 0.29) is 11.3 Å². The van der Waals surface area contributed by atoms with E-state index in [1.54, 1.807) is 13.2 Å². The number of hydrogen-bond donors (Lipinski definition) is 2. The minimum atomic E-state index is -0.760. The number of hydrogen-bond acceptors (Lipinski definition) is 5. The number of carbonyl (C=O) groups excluding carboxylic acids is 2. The van der Waals surface area contributed by atoms with E-state index in [2.05, 4.69) is 21.2 Å². The molecule has 132 valence electrons. The Morgan fingerprint density at radius 3 is 2.56 bits per heavy atom. The molecule has 0 saturated carbocycles. The van der Waals surface area contributed by atoms with E-state index >= 15 is 0 Å². The smallest absolute Gasteiger partial charge is 0.342 e. The predicted octanol–water partition coefficient (Wildman–Crippen LogP) is 2.68. The summed E-state index contributed by atoms with van der Waals surface area (Å²) < 4.78 is 10.6. The number of amides is 1. The van der Waals surface area contributed by atoms with Gasteiger partial charge in [0.2, 0.25) is 0 Å². The van der Waals surface area contributed by atoms with Gasteiger partial charge in [0.1, 0.15) is 17.1 Å². The average Bonchev–Trinajstić information content (AvgIpc) is 2.62. The van der Waals surface area contributed by atoms with Gasteiger partial charge in [-0.05, 0) is 42.3 Å². The molecule has 2 rings (SSSR count). The minimum Gasteiger partial charge on any atom is -0.507 e. The molecule has 2 aromatic rings. The number of esters is 1. The van der Waals surface area contributed by atoms with Crippen LogP contribution in [0.5, 0.6) is 11.5 Å². The molecule has 1 amide bonds. The Morgan fingerprint density at radius 2 is 1.88 bits per heavy atom. The highest BCUT2D eigenvalue weighted by Gasteiger charge is 2.14. The second kappa shape index (κ2) is 9.08. The standard InChI is InChI=1S/C18H18BrNO5/c1-24-14-5-2-12(3-6-14)8-9-20-17(22)11-25-18(23)15-10-13(19)4-7-16(15)21/h2-7,10,21H,8-9,11H2,1H3,(H,20,22). The number of benzene rings is 2. The fourth-order valence-electron chi connectivity index (χ4n) is 2.07. The molecule has 6 nitrogen and oxygen atoms in total. The summed E-state index contributed by atoms with van der Waals surface area (Å²) in [6.07, 6.45) is 0.649. The molecule has 0 unspecified atom stereocenters. The van der Waals surface area contributed by atoms with Crippen LogP contribution in [0.4, 0.5) is 0 Å². The monoisotopic (exact) mass is 407 g/mol. The van der Waals surface area contributed by atoms with Crippen molar-refractivity contribution in [2.45, 2.75) is 6.42 Å². The zero-order valence-electron chi connectivity index (χ0n) is 13.6. The van der Waals surface area contributed by atoms with Crippen molar-refractivity contribution in [3.8, 4) is 11.5 Å². The molecule has 2 aromatic carbocycles. The molecule has 0 aliphatic carbocycles. The fourth-order valence-corrected chi connectivity index (χ4v) is 2.43. The Labute approximate surface area is 153 Å². The highest BCUT2D eigenvalue weighted by Crippen LogP contribution is 2.22. The zero-order chi connectivity index (χ0) is 18.2. The summed E-state index contributed by atoms with van der Waals surface area (Å²) in [5.74, 6) is -0.593. The molecule has 25 heavy (non-hydrogen) atoms. The fraction of sp³-hybridized carbons (Fsp3) is 0.222. The first-order valence-electron chi connectivity index (χ1n) is 7.55. The lowest BCUT2D eigenvalue weighted by Crippen LogP contribution is -2.30. The highest BCUT2D eigenvalue weighted by molar-refractivity contribution is 9.10. The summed E-state index contributed by atoms with van der Waals surface area (Å²) in [5, 5.41) is 12.3. The van der Waals surface area contributed by atoms with E-state index < -0.39 is 18.5 Å². The maximum atomic E-state index is 11.9. The number of carbonyl (C=O) groups is 2. The van der Waals surface area contributed by atoms with Gasteiger partial charge in [-0.2, -0.15) is 0 Å². The summed E-state index contributed by atoms with van der Waals surface area (Å²) in [6, 6.07) is 11.9. The number of phenolic OH excluding ortho intramolecular Hbond substituents is 1. The molecule has 0 aliphatic heterocycles. The lowest BCUT2D eigenvalue weighted by molar-refractivity contribution is -0.124. The van der Waals surface area contributed by atoms with E-state index in [9.17, 15) is 14.7 Å². The lowest BCUT2D eigenvalue weighted by Gasteiger charge is -2.08. The van der Waals surface area contributed by atoms with Gasteiger partial charge in [-0.25, -0.2) is 4.79 Å². The minimum absolute atomic E-state index is 0.000378. The summed E-state index contributed by atoms with van der Waals surface area (Å²) in [6.45, 7) is 0.0121. The summed E-state index contributed by atoms with van der Waals surface area (Å²) in [7, 11) is 1.60. The highest BCUT2D eigenvalue weighted by atomic mass is 79.9. The maximum Gasteiger partial charge on any atom is 0.342 e. The first-order valence-corrected chi connectivity index (χ1v) is 8.34. The van der Waals surface area contributed by atoms with Crippen molar-refractivity contribution in [1.82, 2.24) is 5.32 Å². The SMILES string of the molecule is COc1ccc(CCNC(=O)COC(=O)c2cc(Br)ccc2O)cc1. The van der Waals surface area contributed by atoms with Crippen LogP contribution in [0.25, 0.3) is 0 Å². The summed E-state index contributed by atoms with van der Waals surface area (Å²) >= 11 is 3.20. The van der Waals surface area contributed by atoms with E-state index in [1.807, 2.05) is 24.3 Å². The molecule has 7 heteroatoms. The Balaban J connectivity index is 1.74. The molecule has 2 N–H and O–H groups in total. The number of phenols is 1. The van der Waals surface area contributed by atoms with E-state index in [0.717, 1.165) is 11.3 Å². The Morgan fingerprint density at radius 1 is 1.16 bits per heavy atom. The quantitative estimate of drug-likeness (QED) is 0.689. The number of nitrogens with one attached hydrogen (secondary N) is 1. The second-order valence-electron chi connectivity index (χ2n) is 5.19. The summed E-state index contributed by atoms with van der Waals surface area (Å²) in [4.78, 5) is 23.6. The molecule has 0 aromatic heterocycles. The topological polar surface area (TPSA) is 84.9 Å². The molecule has 0 aliphatic rings. The number of aromatic hydroxyl groups is 1. The molecule has 0 atom stereocenters. The van der Waals surface area contributed by atoms with Crippen molar-refractivity contribution in [1.29, 1.82) is 0 Å². The van der Waals surface area contributed by atoms with Crippen LogP contribution in [-0.2, 0) is 16.0 Å². The van der Waals surface area contributed by atoms with Gasteiger partial charge < -0.3 is 19.9 Å². The van der Waals surface area contributed by atoms with Gasteiger partial charge in [0, 0.05) is 11.0 Å². The van der Waals surface area contributed by atoms with Crippen molar-refractivity contribution >= 4 is 27.8 Å². The number of ether oxygens (including phenoxy) is 2. The molecule has 0 bridgehead atoms. The molecule has 0 fully saturated rings. The number of halogens is 1. The van der Waals surface area contributed by atoms with E-state index in [1.165, 1.54) is 12.1 Å². The van der Waals surface area contributed by atoms with Crippen molar-refractivity contribution in [2.75, 3.05) is 20.3 Å². The van der Waals surface area contributed by atoms with Gasteiger partial charge in [0.15, 0.2) is 6.61 Å². The molecule has 0 saturated heterocycles. The third-order valence-corrected chi connectivity index (χ3v) is 3.90. The Bertz CT molecular complexity index is 746. The normalized spacial score (nSPS) is 10.2. The van der Waals surface area contributed by atoms with Gasteiger partial charge in [-0.3, -0.25) is 4.79 Å². The predicted molar refractivity (Wildman–Crippen MR) is 95.8 cm³/mol. The van der Waals surface area contributed by atoms with E-state index in [0.29, 0.717) is 17.4 Å². The van der Waals surface area contributed by atoms with Gasteiger partial charge in [-0.1, -0.05) is 28.1 Å². The number of methoxy groups -OCH3 is 1. The zero-order valence-corrected chi connectivity index (χ0v) is 15.2. The molecule has 0 radical (unpaired) electrons. The largest absolute Gasteiger partial charge is 0.507 e. The van der Waals surface area contributed by atoms with Crippen molar-refractivity contribution < 1.29 is 24.2 Å². The third kappa shape index (κ3) is 5.79. The summed E-state index contributed by atoms with van der Waals surface area (Å²) in [5.41, 5.74) is 1.05. The van der Waals surface area contributed by atoms with Gasteiger partial charge >= 0.3 is 5.97 Å². The number of rotatable bonds is 7. The molecular formula is C18H18BrNO5. The van der Waals surface area contributed by atoms with Crippen molar-refractivity contribution in [2.24, 2.45) is 0 Å². The van der Waals surface area contributed by atoms with Crippen LogP contribution in [0.3, 0.4) is 0 Å². The van der Waals surface area contributed by atoms with Crippen LogP contribution in [0, 0.1) is 0 Å². The van der Waals surface area contributed by atoms with Gasteiger partial charge in [-0.15, -0.1) is 0 Å². The van der Waals surface area contributed by atoms with Crippen molar-refractivity contribution in [3.05, 3.63) is 58.1 Å². The van der Waals surface area contributed by atoms with Crippen LogP contribution in [-0.4, -0.2) is 37.2 Å². The van der Waals surface area contributed by atoms with Crippen LogP contribution >= 0.6 is 15.9 Å². The van der Waals surface area contributed by atoms with Crippen LogP contribution in [0.1, 0.15) is 15.9 Å². The molecular weight excluding hydrogens is 390 g/mol. The first kappa shape index (κ1) is 18.8. The average molecular weight is 408 g/mol. The second-order valence-corrected chi connectivity index (χ2v) is 6.10. The molecule has 0 heterocycles. The van der Waals surface area contributed by atoms with E-state index in [4.69, 9.17) is 9.47 Å². The molecule has 0 spiro atoms. The Hall–Kier alpha value is -2.54. The van der Waals surface area contributed by atoms with Crippen LogP contribution in [0.2, 0.25) is 0 Å². The van der Waals surface area contributed by atoms with Gasteiger partial charge in [0.05, 0.1) is 7.11 Å². The van der Waals surface area contributed by atoms with Crippen LogP contribution in [0.15, 0.2) is 46.9 Å². The Kier molecular flexibility index (Phi) is 6.82. The van der Waals surface area contributed by atoms with Crippen molar-refractivity contribution in [3.63, 3.8) is 0 Å². The van der Waals surface area contributed by atoms with Gasteiger partial charge in [0.25, 0.3) is 5.91 Å².